The molecule has 1 aliphatic carbocycles. The molecule has 1 aliphatic rings. The Morgan fingerprint density at radius 1 is 1.42 bits per heavy atom. The fourth-order valence-electron chi connectivity index (χ4n) is 3.19. The first-order valence-corrected chi connectivity index (χ1v) is 6.93. The van der Waals surface area contributed by atoms with Crippen LogP contribution in [0.1, 0.15) is 53.1 Å². The SMILES string of the molecule is Cc1cc(C(N)C2CCCc3cccnc32)c(C)o1. The van der Waals surface area contributed by atoms with Crippen LogP contribution >= 0.6 is 0 Å². The normalized spacial score (nSPS) is 20.1. The van der Waals surface area contributed by atoms with E-state index in [0.29, 0.717) is 5.92 Å². The average Bonchev–Trinajstić information content (AvgIpc) is 2.76. The minimum Gasteiger partial charge on any atom is -0.466 e. The number of aryl methyl sites for hydroxylation is 3. The fourth-order valence-corrected chi connectivity index (χ4v) is 3.19. The van der Waals surface area contributed by atoms with Crippen molar-refractivity contribution in [3.63, 3.8) is 0 Å². The number of furan rings is 1. The third kappa shape index (κ3) is 2.19. The van der Waals surface area contributed by atoms with Gasteiger partial charge in [-0.2, -0.15) is 0 Å². The van der Waals surface area contributed by atoms with E-state index in [1.54, 1.807) is 0 Å². The summed E-state index contributed by atoms with van der Waals surface area (Å²) in [4.78, 5) is 4.57. The molecule has 0 fully saturated rings. The van der Waals surface area contributed by atoms with Crippen molar-refractivity contribution in [3.8, 4) is 0 Å². The number of nitrogens with two attached hydrogens (primary N) is 1. The zero-order valence-electron chi connectivity index (χ0n) is 11.5. The minimum absolute atomic E-state index is 0.0219. The number of fused-ring (bicyclic) bond motifs is 1. The molecular weight excluding hydrogens is 236 g/mol. The molecule has 2 unspecified atom stereocenters. The van der Waals surface area contributed by atoms with Gasteiger partial charge in [-0.1, -0.05) is 6.07 Å². The van der Waals surface area contributed by atoms with E-state index in [2.05, 4.69) is 17.1 Å². The van der Waals surface area contributed by atoms with Crippen LogP contribution in [0, 0.1) is 13.8 Å². The Balaban J connectivity index is 1.97. The number of hydrogen-bond donors (Lipinski definition) is 1. The molecular formula is C16H20N2O. The van der Waals surface area contributed by atoms with Gasteiger partial charge in [0.1, 0.15) is 11.5 Å². The quantitative estimate of drug-likeness (QED) is 0.895. The molecule has 0 bridgehead atoms. The van der Waals surface area contributed by atoms with Crippen LogP contribution < -0.4 is 5.73 Å². The van der Waals surface area contributed by atoms with Gasteiger partial charge in [0.25, 0.3) is 0 Å². The summed E-state index contributed by atoms with van der Waals surface area (Å²) >= 11 is 0. The van der Waals surface area contributed by atoms with Crippen molar-refractivity contribution >= 4 is 0 Å². The molecule has 0 aromatic carbocycles. The monoisotopic (exact) mass is 256 g/mol. The van der Waals surface area contributed by atoms with Crippen LogP contribution in [0.25, 0.3) is 0 Å². The molecule has 3 rings (SSSR count). The molecule has 3 nitrogen and oxygen atoms in total. The van der Waals surface area contributed by atoms with Crippen molar-refractivity contribution in [3.05, 3.63) is 52.7 Å². The first-order chi connectivity index (χ1) is 9.16. The van der Waals surface area contributed by atoms with Crippen LogP contribution in [-0.4, -0.2) is 4.98 Å². The van der Waals surface area contributed by atoms with Crippen molar-refractivity contribution in [2.45, 2.75) is 45.1 Å². The zero-order chi connectivity index (χ0) is 13.4. The van der Waals surface area contributed by atoms with Gasteiger partial charge >= 0.3 is 0 Å². The van der Waals surface area contributed by atoms with Gasteiger partial charge < -0.3 is 10.2 Å². The van der Waals surface area contributed by atoms with Crippen molar-refractivity contribution in [1.82, 2.24) is 4.98 Å². The van der Waals surface area contributed by atoms with Gasteiger partial charge in [0.2, 0.25) is 0 Å². The van der Waals surface area contributed by atoms with E-state index in [0.717, 1.165) is 29.9 Å². The van der Waals surface area contributed by atoms with Gasteiger partial charge in [-0.3, -0.25) is 4.98 Å². The Morgan fingerprint density at radius 3 is 3.00 bits per heavy atom. The molecule has 2 heterocycles. The van der Waals surface area contributed by atoms with E-state index < -0.39 is 0 Å². The van der Waals surface area contributed by atoms with Gasteiger partial charge in [0.05, 0.1) is 0 Å². The number of pyridine rings is 1. The van der Waals surface area contributed by atoms with Gasteiger partial charge in [-0.15, -0.1) is 0 Å². The summed E-state index contributed by atoms with van der Waals surface area (Å²) in [5, 5.41) is 0. The third-order valence-electron chi connectivity index (χ3n) is 4.11. The highest BCUT2D eigenvalue weighted by atomic mass is 16.3. The highest BCUT2D eigenvalue weighted by Gasteiger charge is 2.29. The highest BCUT2D eigenvalue weighted by Crippen LogP contribution is 2.39. The Kier molecular flexibility index (Phi) is 3.15. The van der Waals surface area contributed by atoms with Gasteiger partial charge in [0, 0.05) is 29.4 Å². The van der Waals surface area contributed by atoms with Gasteiger partial charge in [0.15, 0.2) is 0 Å². The first-order valence-electron chi connectivity index (χ1n) is 6.93. The van der Waals surface area contributed by atoms with Crippen LogP contribution in [0.2, 0.25) is 0 Å². The summed E-state index contributed by atoms with van der Waals surface area (Å²) in [6.45, 7) is 3.96. The summed E-state index contributed by atoms with van der Waals surface area (Å²) in [5.74, 6) is 2.17. The van der Waals surface area contributed by atoms with E-state index in [4.69, 9.17) is 10.2 Å². The lowest BCUT2D eigenvalue weighted by Crippen LogP contribution is -2.24. The number of aromatic nitrogens is 1. The Labute approximate surface area is 113 Å². The van der Waals surface area contributed by atoms with Crippen molar-refractivity contribution in [2.75, 3.05) is 0 Å². The zero-order valence-corrected chi connectivity index (χ0v) is 11.5. The van der Waals surface area contributed by atoms with Crippen molar-refractivity contribution < 1.29 is 4.42 Å². The highest BCUT2D eigenvalue weighted by molar-refractivity contribution is 5.32. The van der Waals surface area contributed by atoms with E-state index in [-0.39, 0.29) is 6.04 Å². The summed E-state index contributed by atoms with van der Waals surface area (Å²) in [6.07, 6.45) is 5.29. The Hall–Kier alpha value is -1.61. The van der Waals surface area contributed by atoms with Crippen LogP contribution in [0.5, 0.6) is 0 Å². The molecule has 19 heavy (non-hydrogen) atoms. The predicted molar refractivity (Wildman–Crippen MR) is 75.0 cm³/mol. The third-order valence-corrected chi connectivity index (χ3v) is 4.11. The van der Waals surface area contributed by atoms with Crippen LogP contribution in [0.4, 0.5) is 0 Å². The molecule has 0 saturated heterocycles. The fraction of sp³-hybridized carbons (Fsp3) is 0.438. The smallest absolute Gasteiger partial charge is 0.105 e. The molecule has 2 aromatic heterocycles. The molecule has 0 amide bonds. The van der Waals surface area contributed by atoms with E-state index in [1.165, 1.54) is 17.7 Å². The summed E-state index contributed by atoms with van der Waals surface area (Å²) < 4.78 is 5.61. The summed E-state index contributed by atoms with van der Waals surface area (Å²) in [7, 11) is 0. The number of nitrogens with zero attached hydrogens (tertiary/aromatic N) is 1. The molecule has 2 atom stereocenters. The lowest BCUT2D eigenvalue weighted by Gasteiger charge is -2.28. The topological polar surface area (TPSA) is 52.0 Å². The minimum atomic E-state index is -0.0219. The second-order valence-electron chi connectivity index (χ2n) is 5.44. The maximum Gasteiger partial charge on any atom is 0.105 e. The maximum absolute atomic E-state index is 6.50. The first kappa shape index (κ1) is 12.4. The summed E-state index contributed by atoms with van der Waals surface area (Å²) in [5.41, 5.74) is 10.2. The largest absolute Gasteiger partial charge is 0.466 e. The molecule has 2 aromatic rings. The lowest BCUT2D eigenvalue weighted by atomic mass is 9.80. The number of rotatable bonds is 2. The molecule has 0 spiro atoms. The Bertz CT molecular complexity index is 588. The second-order valence-corrected chi connectivity index (χ2v) is 5.44. The van der Waals surface area contributed by atoms with Gasteiger partial charge in [-0.05, 0) is 50.8 Å². The average molecular weight is 256 g/mol. The van der Waals surface area contributed by atoms with Gasteiger partial charge in [-0.25, -0.2) is 0 Å². The van der Waals surface area contributed by atoms with E-state index in [9.17, 15) is 0 Å². The number of hydrogen-bond acceptors (Lipinski definition) is 3. The van der Waals surface area contributed by atoms with Crippen molar-refractivity contribution in [1.29, 1.82) is 0 Å². The maximum atomic E-state index is 6.50. The Morgan fingerprint density at radius 2 is 2.26 bits per heavy atom. The molecule has 0 saturated carbocycles. The predicted octanol–water partition coefficient (Wildman–Crippen LogP) is 3.41. The summed E-state index contributed by atoms with van der Waals surface area (Å²) in [6, 6.07) is 6.23. The van der Waals surface area contributed by atoms with Crippen LogP contribution in [-0.2, 0) is 6.42 Å². The van der Waals surface area contributed by atoms with E-state index in [1.807, 2.05) is 26.1 Å². The molecule has 100 valence electrons. The van der Waals surface area contributed by atoms with Crippen LogP contribution in [0.15, 0.2) is 28.8 Å². The van der Waals surface area contributed by atoms with Crippen molar-refractivity contribution in [2.24, 2.45) is 5.73 Å². The van der Waals surface area contributed by atoms with E-state index >= 15 is 0 Å². The second kappa shape index (κ2) is 4.82. The lowest BCUT2D eigenvalue weighted by molar-refractivity contribution is 0.449. The standard InChI is InChI=1S/C16H20N2O/c1-10-9-14(11(2)19-10)15(17)13-7-3-5-12-6-4-8-18-16(12)13/h4,6,8-9,13,15H,3,5,7,17H2,1-2H3. The van der Waals surface area contributed by atoms with Crippen LogP contribution in [0.3, 0.4) is 0 Å². The molecule has 0 aliphatic heterocycles. The molecule has 3 heteroatoms. The molecule has 2 N–H and O–H groups in total. The molecule has 0 radical (unpaired) electrons.